The lowest BCUT2D eigenvalue weighted by Crippen LogP contribution is -2.23. The van der Waals surface area contributed by atoms with E-state index in [0.717, 1.165) is 0 Å². The van der Waals surface area contributed by atoms with Crippen molar-refractivity contribution < 1.29 is 19.8 Å². The lowest BCUT2D eigenvalue weighted by atomic mass is 10.0. The second-order valence-electron chi connectivity index (χ2n) is 6.46. The molecule has 0 fully saturated rings. The van der Waals surface area contributed by atoms with Crippen LogP contribution in [0.15, 0.2) is 48.6 Å². The summed E-state index contributed by atoms with van der Waals surface area (Å²) in [5.41, 5.74) is 3.12. The molecular formula is C20H20N4O4. The van der Waals surface area contributed by atoms with E-state index in [1.165, 1.54) is 4.80 Å². The quantitative estimate of drug-likeness (QED) is 0.542. The molecule has 1 heterocycles. The molecule has 3 rings (SSSR count). The Labute approximate surface area is 161 Å². The van der Waals surface area contributed by atoms with Crippen molar-refractivity contribution in [1.82, 2.24) is 20.3 Å². The Hall–Kier alpha value is -3.68. The van der Waals surface area contributed by atoms with Crippen molar-refractivity contribution in [1.29, 1.82) is 0 Å². The van der Waals surface area contributed by atoms with Gasteiger partial charge < -0.3 is 15.5 Å². The van der Waals surface area contributed by atoms with E-state index in [0.29, 0.717) is 33.4 Å². The van der Waals surface area contributed by atoms with Crippen LogP contribution in [0.25, 0.3) is 16.7 Å². The maximum atomic E-state index is 11.8. The lowest BCUT2D eigenvalue weighted by molar-refractivity contribution is -0.137. The molecule has 3 aromatic rings. The maximum Gasteiger partial charge on any atom is 0.303 e. The van der Waals surface area contributed by atoms with Gasteiger partial charge in [-0.3, -0.25) is 9.59 Å². The van der Waals surface area contributed by atoms with Crippen molar-refractivity contribution in [3.05, 3.63) is 59.7 Å². The summed E-state index contributed by atoms with van der Waals surface area (Å²) in [7, 11) is 0. The molecule has 0 aliphatic carbocycles. The van der Waals surface area contributed by atoms with Crippen LogP contribution in [-0.4, -0.2) is 37.1 Å². The average molecular weight is 380 g/mol. The van der Waals surface area contributed by atoms with Gasteiger partial charge in [-0.2, -0.15) is 0 Å². The zero-order chi connectivity index (χ0) is 20.3. The number of carboxylic acid groups (broad SMARTS) is 1. The summed E-state index contributed by atoms with van der Waals surface area (Å²) in [5, 5.41) is 31.1. The van der Waals surface area contributed by atoms with Gasteiger partial charge in [0.05, 0.1) is 0 Å². The number of nitrogens with zero attached hydrogens (tertiary/aromatic N) is 3. The van der Waals surface area contributed by atoms with Crippen molar-refractivity contribution in [2.24, 2.45) is 0 Å². The number of fused-ring (bicyclic) bond motifs is 1. The summed E-state index contributed by atoms with van der Waals surface area (Å²) < 4.78 is 0. The number of hydrogen-bond acceptors (Lipinski definition) is 5. The first-order valence-corrected chi connectivity index (χ1v) is 8.68. The summed E-state index contributed by atoms with van der Waals surface area (Å²) in [6.07, 6.45) is 0.209. The summed E-state index contributed by atoms with van der Waals surface area (Å²) in [6, 6.07) is 10.6. The molecule has 0 unspecified atom stereocenters. The van der Waals surface area contributed by atoms with Crippen LogP contribution in [0.5, 0.6) is 5.75 Å². The normalized spacial score (nSPS) is 10.8. The Morgan fingerprint density at radius 3 is 2.39 bits per heavy atom. The third-order valence-corrected chi connectivity index (χ3v) is 4.19. The summed E-state index contributed by atoms with van der Waals surface area (Å²) in [4.78, 5) is 24.1. The zero-order valence-corrected chi connectivity index (χ0v) is 15.3. The van der Waals surface area contributed by atoms with Crippen LogP contribution in [-0.2, 0) is 22.6 Å². The van der Waals surface area contributed by atoms with E-state index in [1.54, 1.807) is 31.2 Å². The number of hydrogen-bond donors (Lipinski definition) is 3. The fourth-order valence-corrected chi connectivity index (χ4v) is 2.72. The first kappa shape index (κ1) is 19.1. The topological polar surface area (TPSA) is 117 Å². The summed E-state index contributed by atoms with van der Waals surface area (Å²) >= 11 is 0. The van der Waals surface area contributed by atoms with Crippen LogP contribution >= 0.6 is 0 Å². The van der Waals surface area contributed by atoms with Gasteiger partial charge in [0.1, 0.15) is 22.5 Å². The molecule has 0 bridgehead atoms. The van der Waals surface area contributed by atoms with Crippen LogP contribution < -0.4 is 5.32 Å². The van der Waals surface area contributed by atoms with Crippen LogP contribution in [0, 0.1) is 0 Å². The molecule has 1 amide bonds. The number of carboxylic acids is 1. The highest BCUT2D eigenvalue weighted by molar-refractivity contribution is 5.92. The van der Waals surface area contributed by atoms with Gasteiger partial charge in [-0.1, -0.05) is 24.8 Å². The number of amides is 1. The van der Waals surface area contributed by atoms with Gasteiger partial charge in [-0.05, 0) is 37.1 Å². The molecule has 0 aliphatic heterocycles. The average Bonchev–Trinajstić information content (AvgIpc) is 3.09. The molecular weight excluding hydrogens is 360 g/mol. The van der Waals surface area contributed by atoms with Crippen molar-refractivity contribution in [2.75, 3.05) is 0 Å². The van der Waals surface area contributed by atoms with Gasteiger partial charge >= 0.3 is 5.97 Å². The van der Waals surface area contributed by atoms with E-state index in [4.69, 9.17) is 5.11 Å². The van der Waals surface area contributed by atoms with E-state index >= 15 is 0 Å². The Balaban J connectivity index is 2.02. The largest absolute Gasteiger partial charge is 0.505 e. The van der Waals surface area contributed by atoms with Crippen LogP contribution in [0.4, 0.5) is 0 Å². The number of carbonyl (C=O) groups is 2. The number of aromatic nitrogens is 3. The van der Waals surface area contributed by atoms with Crippen LogP contribution in [0.3, 0.4) is 0 Å². The highest BCUT2D eigenvalue weighted by Gasteiger charge is 2.16. The third kappa shape index (κ3) is 4.17. The molecule has 0 atom stereocenters. The van der Waals surface area contributed by atoms with E-state index in [1.807, 2.05) is 12.1 Å². The highest BCUT2D eigenvalue weighted by Crippen LogP contribution is 2.29. The van der Waals surface area contributed by atoms with Gasteiger partial charge in [0.15, 0.2) is 0 Å². The molecule has 0 saturated heterocycles. The second kappa shape index (κ2) is 7.91. The van der Waals surface area contributed by atoms with Crippen molar-refractivity contribution in [3.8, 4) is 11.4 Å². The van der Waals surface area contributed by atoms with Gasteiger partial charge in [0, 0.05) is 24.1 Å². The fraction of sp³-hybridized carbons (Fsp3) is 0.200. The Kier molecular flexibility index (Phi) is 5.39. The number of benzene rings is 2. The highest BCUT2D eigenvalue weighted by atomic mass is 16.4. The van der Waals surface area contributed by atoms with E-state index in [-0.39, 0.29) is 31.0 Å². The first-order valence-electron chi connectivity index (χ1n) is 8.68. The maximum absolute atomic E-state index is 11.8. The van der Waals surface area contributed by atoms with Crippen LogP contribution in [0.1, 0.15) is 24.5 Å². The van der Waals surface area contributed by atoms with Gasteiger partial charge in [-0.25, -0.2) is 0 Å². The predicted octanol–water partition coefficient (Wildman–Crippen LogP) is 2.34. The van der Waals surface area contributed by atoms with Gasteiger partial charge in [-0.15, -0.1) is 15.0 Å². The molecule has 28 heavy (non-hydrogen) atoms. The summed E-state index contributed by atoms with van der Waals surface area (Å²) in [6.45, 7) is 5.23. The number of aryl methyl sites for hydroxylation is 1. The SMILES string of the molecule is C=C(C)C(=O)NCc1cc(CCC(=O)O)cc(-n2nc3ccccc3n2)c1O. The Morgan fingerprint density at radius 1 is 1.18 bits per heavy atom. The number of nitrogens with one attached hydrogen (secondary N) is 1. The van der Waals surface area contributed by atoms with Gasteiger partial charge in [0.2, 0.25) is 5.91 Å². The second-order valence-corrected chi connectivity index (χ2v) is 6.46. The number of phenolic OH excluding ortho intramolecular Hbond substituents is 1. The van der Waals surface area contributed by atoms with E-state index in [2.05, 4.69) is 22.1 Å². The van der Waals surface area contributed by atoms with Crippen molar-refractivity contribution >= 4 is 22.9 Å². The molecule has 0 aliphatic rings. The minimum atomic E-state index is -0.922. The number of rotatable bonds is 7. The number of carbonyl (C=O) groups excluding carboxylic acids is 1. The van der Waals surface area contributed by atoms with E-state index in [9.17, 15) is 14.7 Å². The molecule has 0 spiro atoms. The molecule has 1 aromatic heterocycles. The minimum absolute atomic E-state index is 0.0592. The molecule has 0 saturated carbocycles. The number of aromatic hydroxyl groups is 1. The standard InChI is InChI=1S/C20H20N4O4/c1-12(2)20(28)21-11-14-9-13(7-8-18(25)26)10-17(19(14)27)24-22-15-5-3-4-6-16(15)23-24/h3-6,9-10,27H,1,7-8,11H2,2H3,(H,21,28)(H,25,26). The smallest absolute Gasteiger partial charge is 0.303 e. The fourth-order valence-electron chi connectivity index (χ4n) is 2.72. The Morgan fingerprint density at radius 2 is 1.82 bits per heavy atom. The summed E-state index contributed by atoms with van der Waals surface area (Å²) in [5.74, 6) is -1.34. The first-order chi connectivity index (χ1) is 13.3. The lowest BCUT2D eigenvalue weighted by Gasteiger charge is -2.13. The molecule has 3 N–H and O–H groups in total. The zero-order valence-electron chi connectivity index (χ0n) is 15.3. The molecule has 8 heteroatoms. The monoisotopic (exact) mass is 380 g/mol. The van der Waals surface area contributed by atoms with Gasteiger partial charge in [0.25, 0.3) is 0 Å². The van der Waals surface area contributed by atoms with E-state index < -0.39 is 5.97 Å². The van der Waals surface area contributed by atoms with Crippen LogP contribution in [0.2, 0.25) is 0 Å². The molecule has 0 radical (unpaired) electrons. The third-order valence-electron chi connectivity index (χ3n) is 4.19. The minimum Gasteiger partial charge on any atom is -0.505 e. The molecule has 2 aromatic carbocycles. The van der Waals surface area contributed by atoms with Crippen molar-refractivity contribution in [3.63, 3.8) is 0 Å². The predicted molar refractivity (Wildman–Crippen MR) is 103 cm³/mol. The Bertz CT molecular complexity index is 1040. The number of aliphatic carboxylic acids is 1. The molecule has 8 nitrogen and oxygen atoms in total. The number of phenols is 1. The molecule has 144 valence electrons. The van der Waals surface area contributed by atoms with Crippen molar-refractivity contribution in [2.45, 2.75) is 26.3 Å².